The second-order valence-electron chi connectivity index (χ2n) is 7.76. The highest BCUT2D eigenvalue weighted by molar-refractivity contribution is 5.80. The first-order chi connectivity index (χ1) is 13.9. The van der Waals surface area contributed by atoms with Crippen molar-refractivity contribution in [1.82, 2.24) is 15.1 Å². The van der Waals surface area contributed by atoms with Crippen molar-refractivity contribution in [3.8, 4) is 0 Å². The number of guanidine groups is 1. The predicted molar refractivity (Wildman–Crippen MR) is 111 cm³/mol. The lowest BCUT2D eigenvalue weighted by molar-refractivity contribution is -0.137. The molecular weight excluding hydrogens is 379 g/mol. The molecule has 1 aromatic carbocycles. The SMILES string of the molecule is CCNC(=NCC1CCN(CC)C1)N1CCN(c2cccc(C(F)(F)F)c2)CC1. The van der Waals surface area contributed by atoms with Crippen LogP contribution in [0, 0.1) is 5.92 Å². The van der Waals surface area contributed by atoms with E-state index in [1.165, 1.54) is 18.6 Å². The molecule has 162 valence electrons. The highest BCUT2D eigenvalue weighted by Gasteiger charge is 2.31. The van der Waals surface area contributed by atoms with Gasteiger partial charge in [0.05, 0.1) is 5.56 Å². The minimum absolute atomic E-state index is 0.593. The Bertz CT molecular complexity index is 683. The standard InChI is InChI=1S/C21H32F3N5/c1-3-25-20(26-15-17-8-9-27(4-2)16-17)29-12-10-28(11-13-29)19-7-5-6-18(14-19)21(22,23)24/h5-7,14,17H,3-4,8-13,15-16H2,1-2H3,(H,25,26). The van der Waals surface area contributed by atoms with Crippen LogP contribution in [0.3, 0.4) is 0 Å². The number of piperazine rings is 1. The Morgan fingerprint density at radius 2 is 1.90 bits per heavy atom. The third kappa shape index (κ3) is 5.78. The Morgan fingerprint density at radius 1 is 1.14 bits per heavy atom. The van der Waals surface area contributed by atoms with Crippen molar-refractivity contribution >= 4 is 11.6 Å². The molecule has 1 atom stereocenters. The monoisotopic (exact) mass is 411 g/mol. The summed E-state index contributed by atoms with van der Waals surface area (Å²) >= 11 is 0. The molecule has 0 amide bonds. The summed E-state index contributed by atoms with van der Waals surface area (Å²) in [6.45, 7) is 12.1. The summed E-state index contributed by atoms with van der Waals surface area (Å²) in [7, 11) is 0. The third-order valence-electron chi connectivity index (χ3n) is 5.77. The van der Waals surface area contributed by atoms with Gasteiger partial charge in [-0.2, -0.15) is 13.2 Å². The lowest BCUT2D eigenvalue weighted by Crippen LogP contribution is -2.52. The van der Waals surface area contributed by atoms with E-state index in [-0.39, 0.29) is 0 Å². The van der Waals surface area contributed by atoms with Crippen molar-refractivity contribution in [3.05, 3.63) is 29.8 Å². The summed E-state index contributed by atoms with van der Waals surface area (Å²) in [6, 6.07) is 5.61. The van der Waals surface area contributed by atoms with Gasteiger partial charge in [-0.05, 0) is 50.6 Å². The zero-order valence-electron chi connectivity index (χ0n) is 17.4. The first kappa shape index (κ1) is 21.7. The maximum Gasteiger partial charge on any atom is 0.416 e. The molecule has 8 heteroatoms. The van der Waals surface area contributed by atoms with Gasteiger partial charge in [0.15, 0.2) is 5.96 Å². The number of aliphatic imine (C=N–C) groups is 1. The molecule has 2 heterocycles. The van der Waals surface area contributed by atoms with Crippen LogP contribution < -0.4 is 10.2 Å². The molecular formula is C21H32F3N5. The minimum Gasteiger partial charge on any atom is -0.368 e. The van der Waals surface area contributed by atoms with Crippen LogP contribution in [0.2, 0.25) is 0 Å². The zero-order valence-corrected chi connectivity index (χ0v) is 17.4. The van der Waals surface area contributed by atoms with Crippen molar-refractivity contribution < 1.29 is 13.2 Å². The number of hydrogen-bond donors (Lipinski definition) is 1. The number of nitrogens with zero attached hydrogens (tertiary/aromatic N) is 4. The van der Waals surface area contributed by atoms with Crippen molar-refractivity contribution in [2.75, 3.05) is 63.8 Å². The first-order valence-electron chi connectivity index (χ1n) is 10.6. The number of benzene rings is 1. The molecule has 0 radical (unpaired) electrons. The van der Waals surface area contributed by atoms with Crippen LogP contribution in [0.1, 0.15) is 25.8 Å². The number of alkyl halides is 3. The molecule has 0 bridgehead atoms. The van der Waals surface area contributed by atoms with Gasteiger partial charge in [-0.1, -0.05) is 13.0 Å². The van der Waals surface area contributed by atoms with E-state index in [0.29, 0.717) is 24.7 Å². The van der Waals surface area contributed by atoms with E-state index in [1.54, 1.807) is 6.07 Å². The highest BCUT2D eigenvalue weighted by atomic mass is 19.4. The van der Waals surface area contributed by atoms with Crippen LogP contribution in [0.15, 0.2) is 29.3 Å². The number of hydrogen-bond acceptors (Lipinski definition) is 3. The van der Waals surface area contributed by atoms with Crippen molar-refractivity contribution in [1.29, 1.82) is 0 Å². The lowest BCUT2D eigenvalue weighted by atomic mass is 10.1. The van der Waals surface area contributed by atoms with Crippen LogP contribution in [0.4, 0.5) is 18.9 Å². The summed E-state index contributed by atoms with van der Waals surface area (Å²) in [4.78, 5) is 11.6. The second-order valence-corrected chi connectivity index (χ2v) is 7.76. The van der Waals surface area contributed by atoms with Crippen LogP contribution in [0.5, 0.6) is 0 Å². The molecule has 1 aromatic rings. The zero-order chi connectivity index (χ0) is 20.9. The number of halogens is 3. The quantitative estimate of drug-likeness (QED) is 0.596. The Labute approximate surface area is 171 Å². The molecule has 2 saturated heterocycles. The summed E-state index contributed by atoms with van der Waals surface area (Å²) in [5, 5.41) is 3.38. The van der Waals surface area contributed by atoms with Gasteiger partial charge < -0.3 is 20.0 Å². The topological polar surface area (TPSA) is 34.1 Å². The van der Waals surface area contributed by atoms with Gasteiger partial charge in [0.25, 0.3) is 0 Å². The average molecular weight is 412 g/mol. The average Bonchev–Trinajstić information content (AvgIpc) is 3.19. The van der Waals surface area contributed by atoms with Gasteiger partial charge in [-0.25, -0.2) is 0 Å². The van der Waals surface area contributed by atoms with Gasteiger partial charge in [0.1, 0.15) is 0 Å². The van der Waals surface area contributed by atoms with Gasteiger partial charge in [0, 0.05) is 51.5 Å². The van der Waals surface area contributed by atoms with E-state index in [0.717, 1.165) is 57.8 Å². The molecule has 2 aliphatic rings. The van der Waals surface area contributed by atoms with Gasteiger partial charge in [0.2, 0.25) is 0 Å². The Hall–Kier alpha value is -1.96. The predicted octanol–water partition coefficient (Wildman–Crippen LogP) is 3.13. The molecule has 2 aliphatic heterocycles. The van der Waals surface area contributed by atoms with E-state index in [9.17, 15) is 13.2 Å². The maximum absolute atomic E-state index is 13.0. The third-order valence-corrected chi connectivity index (χ3v) is 5.77. The fourth-order valence-corrected chi connectivity index (χ4v) is 4.05. The highest BCUT2D eigenvalue weighted by Crippen LogP contribution is 2.31. The molecule has 3 rings (SSSR count). The van der Waals surface area contributed by atoms with Gasteiger partial charge >= 0.3 is 6.18 Å². The minimum atomic E-state index is -4.31. The molecule has 5 nitrogen and oxygen atoms in total. The summed E-state index contributed by atoms with van der Waals surface area (Å²) in [5.74, 6) is 1.53. The normalized spacial score (nSPS) is 21.7. The van der Waals surface area contributed by atoms with E-state index in [1.807, 2.05) is 4.90 Å². The molecule has 0 spiro atoms. The van der Waals surface area contributed by atoms with E-state index < -0.39 is 11.7 Å². The lowest BCUT2D eigenvalue weighted by Gasteiger charge is -2.38. The van der Waals surface area contributed by atoms with Gasteiger partial charge in [-0.15, -0.1) is 0 Å². The Kier molecular flexibility index (Phi) is 7.27. The van der Waals surface area contributed by atoms with E-state index in [4.69, 9.17) is 4.99 Å². The van der Waals surface area contributed by atoms with Crippen LogP contribution in [0.25, 0.3) is 0 Å². The van der Waals surface area contributed by atoms with Crippen LogP contribution in [-0.2, 0) is 6.18 Å². The smallest absolute Gasteiger partial charge is 0.368 e. The number of likely N-dealkylation sites (tertiary alicyclic amines) is 1. The summed E-state index contributed by atoms with van der Waals surface area (Å²) < 4.78 is 39.0. The molecule has 29 heavy (non-hydrogen) atoms. The molecule has 2 fully saturated rings. The van der Waals surface area contributed by atoms with Crippen molar-refractivity contribution in [2.45, 2.75) is 26.4 Å². The Balaban J connectivity index is 1.58. The molecule has 0 aromatic heterocycles. The molecule has 0 saturated carbocycles. The maximum atomic E-state index is 13.0. The largest absolute Gasteiger partial charge is 0.416 e. The van der Waals surface area contributed by atoms with Crippen LogP contribution >= 0.6 is 0 Å². The number of nitrogens with one attached hydrogen (secondary N) is 1. The summed E-state index contributed by atoms with van der Waals surface area (Å²) in [5.41, 5.74) is 0.0389. The molecule has 1 unspecified atom stereocenters. The summed E-state index contributed by atoms with van der Waals surface area (Å²) in [6.07, 6.45) is -3.11. The van der Waals surface area contributed by atoms with E-state index in [2.05, 4.69) is 29.0 Å². The van der Waals surface area contributed by atoms with Crippen molar-refractivity contribution in [2.24, 2.45) is 10.9 Å². The fraction of sp³-hybridized carbons (Fsp3) is 0.667. The number of rotatable bonds is 5. The molecule has 0 aliphatic carbocycles. The van der Waals surface area contributed by atoms with Crippen LogP contribution in [-0.4, -0.2) is 74.7 Å². The fourth-order valence-electron chi connectivity index (χ4n) is 4.05. The second kappa shape index (κ2) is 9.69. The first-order valence-corrected chi connectivity index (χ1v) is 10.6. The van der Waals surface area contributed by atoms with Crippen molar-refractivity contribution in [3.63, 3.8) is 0 Å². The molecule has 1 N–H and O–H groups in total. The van der Waals surface area contributed by atoms with Gasteiger partial charge in [-0.3, -0.25) is 4.99 Å². The number of anilines is 1. The Morgan fingerprint density at radius 3 is 2.52 bits per heavy atom. The van der Waals surface area contributed by atoms with E-state index >= 15 is 0 Å².